The molecule has 2 aliphatic rings. The molecule has 2 aromatic heterocycles. The van der Waals surface area contributed by atoms with Gasteiger partial charge in [0.1, 0.15) is 22.7 Å². The number of nitrogens with zero attached hydrogens (tertiary/aromatic N) is 6. The predicted molar refractivity (Wildman–Crippen MR) is 141 cm³/mol. The van der Waals surface area contributed by atoms with Crippen molar-refractivity contribution in [3.63, 3.8) is 0 Å². The molecule has 2 aliphatic heterocycles. The number of halogens is 2. The van der Waals surface area contributed by atoms with E-state index in [4.69, 9.17) is 16.6 Å². The van der Waals surface area contributed by atoms with Crippen molar-refractivity contribution in [2.75, 3.05) is 31.1 Å². The van der Waals surface area contributed by atoms with Gasteiger partial charge in [0, 0.05) is 37.6 Å². The largest absolute Gasteiger partial charge is 0.355 e. The van der Waals surface area contributed by atoms with Crippen molar-refractivity contribution in [1.29, 1.82) is 5.26 Å². The van der Waals surface area contributed by atoms with E-state index in [0.717, 1.165) is 56.3 Å². The van der Waals surface area contributed by atoms with Gasteiger partial charge in [0.05, 0.1) is 23.0 Å². The molecule has 0 amide bonds. The van der Waals surface area contributed by atoms with E-state index in [1.54, 1.807) is 23.0 Å². The predicted octanol–water partition coefficient (Wildman–Crippen LogP) is 4.03. The number of aromatic nitrogens is 4. The van der Waals surface area contributed by atoms with Crippen LogP contribution in [0.5, 0.6) is 0 Å². The van der Waals surface area contributed by atoms with Gasteiger partial charge >= 0.3 is 0 Å². The van der Waals surface area contributed by atoms with Gasteiger partial charge in [-0.05, 0) is 67.6 Å². The summed E-state index contributed by atoms with van der Waals surface area (Å²) in [6.07, 6.45) is 4.84. The molecule has 1 spiro atoms. The normalized spacial score (nSPS) is 17.0. The fourth-order valence-corrected chi connectivity index (χ4v) is 5.83. The minimum absolute atomic E-state index is 0.0321. The van der Waals surface area contributed by atoms with Crippen molar-refractivity contribution in [1.82, 2.24) is 24.6 Å². The Bertz CT molecular complexity index is 1620. The lowest BCUT2D eigenvalue weighted by Gasteiger charge is -2.39. The van der Waals surface area contributed by atoms with Gasteiger partial charge in [0.2, 0.25) is 0 Å². The SMILES string of the molecule is Cn1ncc2cc(-n3c(-c4ccc(C#N)c(F)c4)nc(N4CCC5(CCNC5)CC4)c(Cl)c3=O)ccc21. The molecule has 0 radical (unpaired) electrons. The van der Waals surface area contributed by atoms with E-state index < -0.39 is 11.4 Å². The molecular formula is C27H25ClFN7O. The summed E-state index contributed by atoms with van der Waals surface area (Å²) in [4.78, 5) is 20.7. The standard InChI is InChI=1S/C27H25ClFN7O/c1-34-22-5-4-20(12-19(22)15-32-34)36-24(17-2-3-18(14-30)21(29)13-17)33-25(23(28)26(36)37)35-10-7-27(8-11-35)6-9-31-16-27/h2-5,12-13,15,31H,6-11,16H2,1H3. The van der Waals surface area contributed by atoms with Crippen molar-refractivity contribution in [3.8, 4) is 23.1 Å². The second kappa shape index (κ2) is 8.98. The van der Waals surface area contributed by atoms with E-state index in [0.29, 0.717) is 17.1 Å². The molecule has 2 aromatic carbocycles. The summed E-state index contributed by atoms with van der Waals surface area (Å²) in [5.41, 5.74) is 1.61. The summed E-state index contributed by atoms with van der Waals surface area (Å²) in [5, 5.41) is 17.8. The van der Waals surface area contributed by atoms with Crippen LogP contribution < -0.4 is 15.8 Å². The molecule has 0 unspecified atom stereocenters. The van der Waals surface area contributed by atoms with Crippen LogP contribution in [0.15, 0.2) is 47.4 Å². The van der Waals surface area contributed by atoms with Gasteiger partial charge in [-0.3, -0.25) is 14.0 Å². The Morgan fingerprint density at radius 2 is 1.97 bits per heavy atom. The number of fused-ring (bicyclic) bond motifs is 1. The van der Waals surface area contributed by atoms with Gasteiger partial charge in [0.25, 0.3) is 5.56 Å². The molecule has 37 heavy (non-hydrogen) atoms. The number of anilines is 1. The van der Waals surface area contributed by atoms with Crippen LogP contribution >= 0.6 is 11.6 Å². The zero-order valence-corrected chi connectivity index (χ0v) is 21.1. The third kappa shape index (κ3) is 3.97. The lowest BCUT2D eigenvalue weighted by atomic mass is 9.78. The molecule has 6 rings (SSSR count). The van der Waals surface area contributed by atoms with Crippen LogP contribution in [0, 0.1) is 22.6 Å². The van der Waals surface area contributed by atoms with Gasteiger partial charge in [-0.25, -0.2) is 9.37 Å². The Morgan fingerprint density at radius 3 is 2.68 bits per heavy atom. The first-order valence-corrected chi connectivity index (χ1v) is 12.7. The number of aryl methyl sites for hydroxylation is 1. The average Bonchev–Trinajstić information content (AvgIpc) is 3.52. The number of hydrogen-bond donors (Lipinski definition) is 1. The number of piperidine rings is 1. The van der Waals surface area contributed by atoms with E-state index in [1.165, 1.54) is 16.7 Å². The zero-order valence-electron chi connectivity index (χ0n) is 20.3. The third-order valence-corrected chi connectivity index (χ3v) is 8.13. The Kier molecular flexibility index (Phi) is 5.74. The van der Waals surface area contributed by atoms with Crippen LogP contribution in [0.1, 0.15) is 24.8 Å². The topological polar surface area (TPSA) is 91.8 Å². The maximum atomic E-state index is 14.7. The monoisotopic (exact) mass is 517 g/mol. The molecule has 0 atom stereocenters. The second-order valence-electron chi connectivity index (χ2n) is 9.95. The maximum Gasteiger partial charge on any atom is 0.279 e. The molecule has 2 fully saturated rings. The first-order chi connectivity index (χ1) is 17.9. The molecule has 10 heteroatoms. The van der Waals surface area contributed by atoms with Crippen LogP contribution in [0.2, 0.25) is 5.02 Å². The van der Waals surface area contributed by atoms with Crippen molar-refractivity contribution < 1.29 is 4.39 Å². The minimum Gasteiger partial charge on any atom is -0.355 e. The molecule has 8 nitrogen and oxygen atoms in total. The summed E-state index contributed by atoms with van der Waals surface area (Å²) < 4.78 is 17.8. The Labute approximate surface area is 217 Å². The van der Waals surface area contributed by atoms with E-state index in [-0.39, 0.29) is 21.8 Å². The number of benzene rings is 2. The number of nitriles is 1. The highest BCUT2D eigenvalue weighted by Gasteiger charge is 2.38. The van der Waals surface area contributed by atoms with Crippen molar-refractivity contribution in [2.24, 2.45) is 12.5 Å². The van der Waals surface area contributed by atoms with Crippen LogP contribution in [-0.2, 0) is 7.05 Å². The smallest absolute Gasteiger partial charge is 0.279 e. The van der Waals surface area contributed by atoms with Gasteiger partial charge in [-0.1, -0.05) is 11.6 Å². The number of hydrogen-bond acceptors (Lipinski definition) is 6. The molecular weight excluding hydrogens is 493 g/mol. The fraction of sp³-hybridized carbons (Fsp3) is 0.333. The average molecular weight is 518 g/mol. The molecule has 4 aromatic rings. The van der Waals surface area contributed by atoms with Crippen LogP contribution in [0.3, 0.4) is 0 Å². The van der Waals surface area contributed by atoms with E-state index in [2.05, 4.69) is 15.3 Å². The van der Waals surface area contributed by atoms with Crippen LogP contribution in [0.25, 0.3) is 28.0 Å². The van der Waals surface area contributed by atoms with Crippen molar-refractivity contribution in [3.05, 3.63) is 69.4 Å². The summed E-state index contributed by atoms with van der Waals surface area (Å²) in [6, 6.07) is 11.6. The molecule has 2 saturated heterocycles. The highest BCUT2D eigenvalue weighted by molar-refractivity contribution is 6.32. The summed E-state index contributed by atoms with van der Waals surface area (Å²) in [6.45, 7) is 3.52. The molecule has 1 N–H and O–H groups in total. The first-order valence-electron chi connectivity index (χ1n) is 12.3. The number of rotatable bonds is 3. The third-order valence-electron chi connectivity index (χ3n) is 7.80. The number of nitrogens with one attached hydrogen (secondary N) is 1. The maximum absolute atomic E-state index is 14.7. The molecule has 0 bridgehead atoms. The molecule has 188 valence electrons. The minimum atomic E-state index is -0.673. The quantitative estimate of drug-likeness (QED) is 0.441. The van der Waals surface area contributed by atoms with Gasteiger partial charge in [-0.2, -0.15) is 10.4 Å². The molecule has 0 aliphatic carbocycles. The Hall–Kier alpha value is -3.74. The lowest BCUT2D eigenvalue weighted by Crippen LogP contribution is -2.42. The van der Waals surface area contributed by atoms with Gasteiger partial charge in [0.15, 0.2) is 5.82 Å². The van der Waals surface area contributed by atoms with Gasteiger partial charge < -0.3 is 10.2 Å². The van der Waals surface area contributed by atoms with Crippen LogP contribution in [0.4, 0.5) is 10.2 Å². The Morgan fingerprint density at radius 1 is 1.16 bits per heavy atom. The molecule has 4 heterocycles. The van der Waals surface area contributed by atoms with E-state index in [9.17, 15) is 14.4 Å². The van der Waals surface area contributed by atoms with Crippen molar-refractivity contribution in [2.45, 2.75) is 19.3 Å². The van der Waals surface area contributed by atoms with Gasteiger partial charge in [-0.15, -0.1) is 0 Å². The van der Waals surface area contributed by atoms with Crippen molar-refractivity contribution >= 4 is 28.3 Å². The Balaban J connectivity index is 1.51. The summed E-state index contributed by atoms with van der Waals surface area (Å²) in [5.74, 6) is -0.00143. The lowest BCUT2D eigenvalue weighted by molar-refractivity contribution is 0.247. The zero-order chi connectivity index (χ0) is 25.7. The van der Waals surface area contributed by atoms with E-state index >= 15 is 0 Å². The molecule has 0 saturated carbocycles. The highest BCUT2D eigenvalue weighted by atomic mass is 35.5. The van der Waals surface area contributed by atoms with Crippen LogP contribution in [-0.4, -0.2) is 45.5 Å². The summed E-state index contributed by atoms with van der Waals surface area (Å²) in [7, 11) is 1.84. The summed E-state index contributed by atoms with van der Waals surface area (Å²) >= 11 is 6.71. The fourth-order valence-electron chi connectivity index (χ4n) is 5.58. The first kappa shape index (κ1) is 23.6. The second-order valence-corrected chi connectivity index (χ2v) is 10.3. The van der Waals surface area contributed by atoms with E-state index in [1.807, 2.05) is 25.2 Å². The highest BCUT2D eigenvalue weighted by Crippen LogP contribution is 2.39.